The van der Waals surface area contributed by atoms with Gasteiger partial charge in [0.1, 0.15) is 0 Å². The number of hydrogen-bond acceptors (Lipinski definition) is 2. The third-order valence-electron chi connectivity index (χ3n) is 4.25. The van der Waals surface area contributed by atoms with Gasteiger partial charge in [0.15, 0.2) is 0 Å². The first-order valence-electron chi connectivity index (χ1n) is 7.25. The normalized spacial score (nSPS) is 26.8. The fourth-order valence-corrected chi connectivity index (χ4v) is 3.26. The molecule has 0 radical (unpaired) electrons. The zero-order valence-electron chi connectivity index (χ0n) is 12.0. The van der Waals surface area contributed by atoms with Crippen LogP contribution < -0.4 is 5.73 Å². The average molecular weight is 266 g/mol. The smallest absolute Gasteiger partial charge is 0.0336 e. The largest absolute Gasteiger partial charge is 0.324 e. The lowest BCUT2D eigenvalue weighted by Gasteiger charge is -2.26. The summed E-state index contributed by atoms with van der Waals surface area (Å²) in [4.78, 5) is 2.47. The summed E-state index contributed by atoms with van der Waals surface area (Å²) in [5, 5.41) is 0. The molecule has 2 aromatic carbocycles. The van der Waals surface area contributed by atoms with Gasteiger partial charge in [-0.15, -0.1) is 0 Å². The van der Waals surface area contributed by atoms with Crippen LogP contribution in [0.5, 0.6) is 0 Å². The second-order valence-corrected chi connectivity index (χ2v) is 6.12. The van der Waals surface area contributed by atoms with Crippen LogP contribution in [-0.2, 0) is 6.54 Å². The molecule has 1 aliphatic rings. The van der Waals surface area contributed by atoms with Crippen molar-refractivity contribution in [2.75, 3.05) is 13.1 Å². The molecule has 0 saturated carbocycles. The van der Waals surface area contributed by atoms with E-state index in [1.54, 1.807) is 0 Å². The van der Waals surface area contributed by atoms with Crippen LogP contribution in [0.3, 0.4) is 0 Å². The molecule has 2 atom stereocenters. The number of benzene rings is 2. The number of nitrogens with two attached hydrogens (primary N) is 1. The minimum atomic E-state index is -0.157. The zero-order chi connectivity index (χ0) is 14.0. The summed E-state index contributed by atoms with van der Waals surface area (Å²) in [6, 6.07) is 21.3. The van der Waals surface area contributed by atoms with Gasteiger partial charge in [0.25, 0.3) is 0 Å². The van der Waals surface area contributed by atoms with Crippen LogP contribution in [0, 0.1) is 0 Å². The summed E-state index contributed by atoms with van der Waals surface area (Å²) in [6.45, 7) is 5.14. The van der Waals surface area contributed by atoms with E-state index in [0.717, 1.165) is 19.6 Å². The summed E-state index contributed by atoms with van der Waals surface area (Å²) in [7, 11) is 0. The Morgan fingerprint density at radius 1 is 1.05 bits per heavy atom. The highest BCUT2D eigenvalue weighted by atomic mass is 15.2. The van der Waals surface area contributed by atoms with Crippen LogP contribution >= 0.6 is 0 Å². The number of hydrogen-bond donors (Lipinski definition) is 1. The highest BCUT2D eigenvalue weighted by Gasteiger charge is 2.40. The molecule has 0 spiro atoms. The molecule has 104 valence electrons. The van der Waals surface area contributed by atoms with E-state index in [2.05, 4.69) is 72.5 Å². The van der Waals surface area contributed by atoms with Gasteiger partial charge in [0.2, 0.25) is 0 Å². The maximum absolute atomic E-state index is 6.56. The Kier molecular flexibility index (Phi) is 3.60. The Bertz CT molecular complexity index is 548. The molecule has 1 saturated heterocycles. The van der Waals surface area contributed by atoms with Crippen molar-refractivity contribution < 1.29 is 0 Å². The van der Waals surface area contributed by atoms with Crippen molar-refractivity contribution in [1.82, 2.24) is 4.90 Å². The first-order chi connectivity index (χ1) is 9.65. The van der Waals surface area contributed by atoms with E-state index in [1.807, 2.05) is 0 Å². The van der Waals surface area contributed by atoms with Crippen LogP contribution in [0.25, 0.3) is 0 Å². The van der Waals surface area contributed by atoms with E-state index >= 15 is 0 Å². The van der Waals surface area contributed by atoms with Gasteiger partial charge in [0.05, 0.1) is 0 Å². The molecule has 0 aliphatic carbocycles. The van der Waals surface area contributed by atoms with Gasteiger partial charge in [-0.25, -0.2) is 0 Å². The molecule has 1 aliphatic heterocycles. The van der Waals surface area contributed by atoms with E-state index in [0.29, 0.717) is 5.92 Å². The molecule has 0 amide bonds. The van der Waals surface area contributed by atoms with Crippen molar-refractivity contribution >= 4 is 0 Å². The predicted octanol–water partition coefficient (Wildman–Crippen LogP) is 3.00. The Labute approximate surface area is 121 Å². The van der Waals surface area contributed by atoms with E-state index < -0.39 is 0 Å². The van der Waals surface area contributed by atoms with Crippen molar-refractivity contribution in [3.05, 3.63) is 71.8 Å². The topological polar surface area (TPSA) is 29.3 Å². The molecule has 2 nitrogen and oxygen atoms in total. The molecule has 3 rings (SSSR count). The van der Waals surface area contributed by atoms with E-state index in [-0.39, 0.29) is 5.54 Å². The Hall–Kier alpha value is -1.64. The van der Waals surface area contributed by atoms with Gasteiger partial charge < -0.3 is 5.73 Å². The lowest BCUT2D eigenvalue weighted by molar-refractivity contribution is 0.309. The molecular formula is C18H22N2. The minimum absolute atomic E-state index is 0.157. The summed E-state index contributed by atoms with van der Waals surface area (Å²) in [5.74, 6) is 0.410. The highest BCUT2D eigenvalue weighted by molar-refractivity contribution is 5.27. The molecule has 1 fully saturated rings. The fraction of sp³-hybridized carbons (Fsp3) is 0.333. The van der Waals surface area contributed by atoms with Crippen molar-refractivity contribution in [1.29, 1.82) is 0 Å². The van der Waals surface area contributed by atoms with Crippen LogP contribution in [0.15, 0.2) is 60.7 Å². The summed E-state index contributed by atoms with van der Waals surface area (Å²) >= 11 is 0. The van der Waals surface area contributed by atoms with Crippen LogP contribution in [-0.4, -0.2) is 23.5 Å². The Morgan fingerprint density at radius 3 is 2.30 bits per heavy atom. The Morgan fingerprint density at radius 2 is 1.65 bits per heavy atom. The standard InChI is InChI=1S/C18H22N2/c1-18(19)14-20(12-15-8-4-2-5-9-15)13-17(18)16-10-6-3-7-11-16/h2-11,17H,12-14,19H2,1H3/t17-,18+/m1/s1. The monoisotopic (exact) mass is 266 g/mol. The van der Waals surface area contributed by atoms with Gasteiger partial charge in [-0.05, 0) is 18.1 Å². The predicted molar refractivity (Wildman–Crippen MR) is 83.5 cm³/mol. The van der Waals surface area contributed by atoms with E-state index in [1.165, 1.54) is 11.1 Å². The Balaban J connectivity index is 1.75. The second kappa shape index (κ2) is 5.39. The lowest BCUT2D eigenvalue weighted by atomic mass is 9.84. The number of nitrogens with zero attached hydrogens (tertiary/aromatic N) is 1. The van der Waals surface area contributed by atoms with Crippen molar-refractivity contribution in [3.8, 4) is 0 Å². The van der Waals surface area contributed by atoms with Gasteiger partial charge >= 0.3 is 0 Å². The zero-order valence-corrected chi connectivity index (χ0v) is 12.0. The molecule has 0 bridgehead atoms. The third kappa shape index (κ3) is 2.77. The number of rotatable bonds is 3. The molecule has 0 unspecified atom stereocenters. The summed E-state index contributed by atoms with van der Waals surface area (Å²) < 4.78 is 0. The van der Waals surface area contributed by atoms with Crippen LogP contribution in [0.4, 0.5) is 0 Å². The van der Waals surface area contributed by atoms with Crippen LogP contribution in [0.2, 0.25) is 0 Å². The maximum Gasteiger partial charge on any atom is 0.0336 e. The first-order valence-corrected chi connectivity index (χ1v) is 7.25. The van der Waals surface area contributed by atoms with E-state index in [9.17, 15) is 0 Å². The fourth-order valence-electron chi connectivity index (χ4n) is 3.26. The first kappa shape index (κ1) is 13.3. The molecule has 2 aromatic rings. The SMILES string of the molecule is C[C@]1(N)CN(Cc2ccccc2)C[C@@H]1c1ccccc1. The maximum atomic E-state index is 6.56. The lowest BCUT2D eigenvalue weighted by Crippen LogP contribution is -2.43. The van der Waals surface area contributed by atoms with Crippen molar-refractivity contribution in [2.24, 2.45) is 5.73 Å². The molecule has 1 heterocycles. The molecule has 0 aromatic heterocycles. The quantitative estimate of drug-likeness (QED) is 0.925. The number of likely N-dealkylation sites (tertiary alicyclic amines) is 1. The molecular weight excluding hydrogens is 244 g/mol. The van der Waals surface area contributed by atoms with Gasteiger partial charge in [-0.2, -0.15) is 0 Å². The summed E-state index contributed by atoms with van der Waals surface area (Å²) in [5.41, 5.74) is 9.11. The molecule has 2 N–H and O–H groups in total. The highest BCUT2D eigenvalue weighted by Crippen LogP contribution is 2.34. The third-order valence-corrected chi connectivity index (χ3v) is 4.25. The minimum Gasteiger partial charge on any atom is -0.324 e. The van der Waals surface area contributed by atoms with Crippen LogP contribution in [0.1, 0.15) is 24.0 Å². The summed E-state index contributed by atoms with van der Waals surface area (Å²) in [6.07, 6.45) is 0. The van der Waals surface area contributed by atoms with Crippen molar-refractivity contribution in [2.45, 2.75) is 24.9 Å². The molecule has 2 heteroatoms. The van der Waals surface area contributed by atoms with E-state index in [4.69, 9.17) is 5.73 Å². The second-order valence-electron chi connectivity index (χ2n) is 6.12. The van der Waals surface area contributed by atoms with Gasteiger partial charge in [-0.1, -0.05) is 60.7 Å². The average Bonchev–Trinajstić information content (AvgIpc) is 2.75. The van der Waals surface area contributed by atoms with Gasteiger partial charge in [-0.3, -0.25) is 4.90 Å². The van der Waals surface area contributed by atoms with Crippen molar-refractivity contribution in [3.63, 3.8) is 0 Å². The van der Waals surface area contributed by atoms with Gasteiger partial charge in [0, 0.05) is 31.1 Å². The molecule has 20 heavy (non-hydrogen) atoms.